The molecule has 0 saturated heterocycles. The summed E-state index contributed by atoms with van der Waals surface area (Å²) in [6, 6.07) is 8.42. The van der Waals surface area contributed by atoms with Crippen LogP contribution < -0.4 is 15.5 Å². The standard InChI is InChI=1S/C14H24N4O/c1-15-14(16-8-9-19-4)17-11-12-6-5-7-13(10-12)18(2)3/h5-7,10H,8-9,11H2,1-4H3,(H2,15,16,17). The summed E-state index contributed by atoms with van der Waals surface area (Å²) in [5, 5.41) is 6.46. The zero-order chi connectivity index (χ0) is 14.1. The van der Waals surface area contributed by atoms with Gasteiger partial charge in [0.1, 0.15) is 0 Å². The van der Waals surface area contributed by atoms with Crippen LogP contribution in [0.3, 0.4) is 0 Å². The van der Waals surface area contributed by atoms with Crippen molar-refractivity contribution in [3.8, 4) is 0 Å². The fraction of sp³-hybridized carbons (Fsp3) is 0.500. The van der Waals surface area contributed by atoms with Crippen LogP contribution in [0, 0.1) is 0 Å². The van der Waals surface area contributed by atoms with Gasteiger partial charge in [-0.05, 0) is 17.7 Å². The molecule has 0 saturated carbocycles. The van der Waals surface area contributed by atoms with Crippen LogP contribution in [0.1, 0.15) is 5.56 Å². The van der Waals surface area contributed by atoms with E-state index in [-0.39, 0.29) is 0 Å². The topological polar surface area (TPSA) is 48.9 Å². The molecule has 1 aromatic carbocycles. The highest BCUT2D eigenvalue weighted by Crippen LogP contribution is 2.12. The van der Waals surface area contributed by atoms with Gasteiger partial charge in [-0.2, -0.15) is 0 Å². The van der Waals surface area contributed by atoms with Gasteiger partial charge < -0.3 is 20.3 Å². The first-order valence-electron chi connectivity index (χ1n) is 6.37. The molecule has 0 unspecified atom stereocenters. The van der Waals surface area contributed by atoms with Crippen LogP contribution in [0.4, 0.5) is 5.69 Å². The summed E-state index contributed by atoms with van der Waals surface area (Å²) in [6.07, 6.45) is 0. The van der Waals surface area contributed by atoms with E-state index in [0.717, 1.165) is 19.0 Å². The number of nitrogens with one attached hydrogen (secondary N) is 2. The van der Waals surface area contributed by atoms with Crippen LogP contribution in [0.5, 0.6) is 0 Å². The number of guanidine groups is 1. The molecule has 0 aliphatic heterocycles. The number of rotatable bonds is 6. The van der Waals surface area contributed by atoms with Gasteiger partial charge in [0.15, 0.2) is 5.96 Å². The fourth-order valence-corrected chi connectivity index (χ4v) is 1.62. The SMILES string of the molecule is CN=C(NCCOC)NCc1cccc(N(C)C)c1. The van der Waals surface area contributed by atoms with Crippen LogP contribution in [0.15, 0.2) is 29.3 Å². The molecule has 2 N–H and O–H groups in total. The molecule has 0 aliphatic carbocycles. The van der Waals surface area contributed by atoms with Crippen molar-refractivity contribution in [2.75, 3.05) is 46.3 Å². The number of benzene rings is 1. The minimum atomic E-state index is 0.664. The van der Waals surface area contributed by atoms with E-state index in [9.17, 15) is 0 Å². The quantitative estimate of drug-likeness (QED) is 0.458. The Balaban J connectivity index is 2.48. The molecule has 5 nitrogen and oxygen atoms in total. The fourth-order valence-electron chi connectivity index (χ4n) is 1.62. The minimum Gasteiger partial charge on any atom is -0.383 e. The Bertz CT molecular complexity index is 404. The first kappa shape index (κ1) is 15.3. The summed E-state index contributed by atoms with van der Waals surface area (Å²) in [5.41, 5.74) is 2.42. The van der Waals surface area contributed by atoms with Crippen molar-refractivity contribution in [2.45, 2.75) is 6.54 Å². The van der Waals surface area contributed by atoms with Crippen LogP contribution >= 0.6 is 0 Å². The third-order valence-electron chi connectivity index (χ3n) is 2.71. The highest BCUT2D eigenvalue weighted by Gasteiger charge is 2.00. The highest BCUT2D eigenvalue weighted by molar-refractivity contribution is 5.79. The summed E-state index contributed by atoms with van der Waals surface area (Å²) in [7, 11) is 7.53. The van der Waals surface area contributed by atoms with E-state index in [1.165, 1.54) is 11.3 Å². The molecule has 0 amide bonds. The Labute approximate surface area is 115 Å². The molecule has 0 heterocycles. The van der Waals surface area contributed by atoms with Gasteiger partial charge in [-0.15, -0.1) is 0 Å². The monoisotopic (exact) mass is 264 g/mol. The Morgan fingerprint density at radius 1 is 1.32 bits per heavy atom. The Kier molecular flexibility index (Phi) is 6.74. The molecular formula is C14H24N4O. The van der Waals surface area contributed by atoms with Gasteiger partial charge in [0.05, 0.1) is 6.61 Å². The molecule has 106 valence electrons. The maximum absolute atomic E-state index is 4.99. The van der Waals surface area contributed by atoms with E-state index >= 15 is 0 Å². The number of methoxy groups -OCH3 is 1. The van der Waals surface area contributed by atoms with E-state index in [2.05, 4.69) is 44.8 Å². The number of hydrogen-bond donors (Lipinski definition) is 2. The predicted octanol–water partition coefficient (Wildman–Crippen LogP) is 1.06. The van der Waals surface area contributed by atoms with Crippen molar-refractivity contribution in [3.05, 3.63) is 29.8 Å². The lowest BCUT2D eigenvalue weighted by atomic mass is 10.2. The minimum absolute atomic E-state index is 0.664. The first-order valence-corrected chi connectivity index (χ1v) is 6.37. The molecule has 0 fully saturated rings. The third-order valence-corrected chi connectivity index (χ3v) is 2.71. The summed E-state index contributed by atoms with van der Waals surface area (Å²) < 4.78 is 4.99. The highest BCUT2D eigenvalue weighted by atomic mass is 16.5. The van der Waals surface area contributed by atoms with E-state index in [0.29, 0.717) is 6.61 Å². The van der Waals surface area contributed by atoms with Gasteiger partial charge in [0.2, 0.25) is 0 Å². The van der Waals surface area contributed by atoms with Gasteiger partial charge in [0, 0.05) is 47.0 Å². The van der Waals surface area contributed by atoms with Gasteiger partial charge >= 0.3 is 0 Å². The average Bonchev–Trinajstić information content (AvgIpc) is 2.43. The zero-order valence-corrected chi connectivity index (χ0v) is 12.2. The molecule has 0 bridgehead atoms. The maximum atomic E-state index is 4.99. The van der Waals surface area contributed by atoms with Crippen molar-refractivity contribution in [1.82, 2.24) is 10.6 Å². The Morgan fingerprint density at radius 2 is 2.11 bits per heavy atom. The van der Waals surface area contributed by atoms with Gasteiger partial charge in [-0.3, -0.25) is 4.99 Å². The zero-order valence-electron chi connectivity index (χ0n) is 12.2. The number of anilines is 1. The van der Waals surface area contributed by atoms with E-state index in [1.807, 2.05) is 14.1 Å². The van der Waals surface area contributed by atoms with Crippen LogP contribution in [-0.4, -0.2) is 47.4 Å². The Hall–Kier alpha value is -1.75. The van der Waals surface area contributed by atoms with Crippen LogP contribution in [0.2, 0.25) is 0 Å². The van der Waals surface area contributed by atoms with Crippen molar-refractivity contribution in [3.63, 3.8) is 0 Å². The smallest absolute Gasteiger partial charge is 0.191 e. The predicted molar refractivity (Wildman–Crippen MR) is 80.8 cm³/mol. The van der Waals surface area contributed by atoms with Crippen molar-refractivity contribution >= 4 is 11.6 Å². The molecular weight excluding hydrogens is 240 g/mol. The number of aliphatic imine (C=N–C) groups is 1. The second kappa shape index (κ2) is 8.37. The lowest BCUT2D eigenvalue weighted by Gasteiger charge is -2.15. The van der Waals surface area contributed by atoms with Crippen molar-refractivity contribution in [1.29, 1.82) is 0 Å². The molecule has 1 aromatic rings. The van der Waals surface area contributed by atoms with Crippen molar-refractivity contribution < 1.29 is 4.74 Å². The van der Waals surface area contributed by atoms with Gasteiger partial charge in [-0.1, -0.05) is 12.1 Å². The third kappa shape index (κ3) is 5.61. The molecule has 0 radical (unpaired) electrons. The van der Waals surface area contributed by atoms with E-state index < -0.39 is 0 Å². The van der Waals surface area contributed by atoms with Crippen molar-refractivity contribution in [2.24, 2.45) is 4.99 Å². The normalized spacial score (nSPS) is 11.3. The molecule has 0 aliphatic rings. The largest absolute Gasteiger partial charge is 0.383 e. The molecule has 0 aromatic heterocycles. The van der Waals surface area contributed by atoms with Crippen LogP contribution in [0.25, 0.3) is 0 Å². The second-order valence-electron chi connectivity index (χ2n) is 4.41. The number of nitrogens with zero attached hydrogens (tertiary/aromatic N) is 2. The lowest BCUT2D eigenvalue weighted by molar-refractivity contribution is 0.203. The van der Waals surface area contributed by atoms with Gasteiger partial charge in [-0.25, -0.2) is 0 Å². The molecule has 0 spiro atoms. The summed E-state index contributed by atoms with van der Waals surface area (Å²) >= 11 is 0. The van der Waals surface area contributed by atoms with Gasteiger partial charge in [0.25, 0.3) is 0 Å². The molecule has 1 rings (SSSR count). The number of hydrogen-bond acceptors (Lipinski definition) is 3. The maximum Gasteiger partial charge on any atom is 0.191 e. The average molecular weight is 264 g/mol. The molecule has 19 heavy (non-hydrogen) atoms. The molecule has 5 heteroatoms. The van der Waals surface area contributed by atoms with E-state index in [1.54, 1.807) is 14.2 Å². The first-order chi connectivity index (χ1) is 9.17. The summed E-state index contributed by atoms with van der Waals surface area (Å²) in [5.74, 6) is 0.785. The molecule has 0 atom stereocenters. The lowest BCUT2D eigenvalue weighted by Crippen LogP contribution is -2.38. The number of ether oxygens (including phenoxy) is 1. The van der Waals surface area contributed by atoms with Crippen LogP contribution in [-0.2, 0) is 11.3 Å². The summed E-state index contributed by atoms with van der Waals surface area (Å²) in [4.78, 5) is 6.25. The Morgan fingerprint density at radius 3 is 2.74 bits per heavy atom. The summed E-state index contributed by atoms with van der Waals surface area (Å²) in [6.45, 7) is 2.15. The van der Waals surface area contributed by atoms with E-state index in [4.69, 9.17) is 4.74 Å². The second-order valence-corrected chi connectivity index (χ2v) is 4.41.